The van der Waals surface area contributed by atoms with Crippen LogP contribution in [0.25, 0.3) is 0 Å². The van der Waals surface area contributed by atoms with Crippen LogP contribution < -0.4 is 5.32 Å². The second-order valence-corrected chi connectivity index (χ2v) is 4.35. The molecule has 2 rings (SSSR count). The number of nitrogens with zero attached hydrogens (tertiary/aromatic N) is 2. The number of hydrogen-bond donors (Lipinski definition) is 2. The van der Waals surface area contributed by atoms with Gasteiger partial charge in [0.05, 0.1) is 0 Å². The lowest BCUT2D eigenvalue weighted by molar-refractivity contribution is 0.275. The minimum atomic E-state index is 0.187. The molecule has 4 nitrogen and oxygen atoms in total. The highest BCUT2D eigenvalue weighted by molar-refractivity contribution is 7.10. The van der Waals surface area contributed by atoms with Gasteiger partial charge in [-0.3, -0.25) is 0 Å². The van der Waals surface area contributed by atoms with Gasteiger partial charge in [-0.05, 0) is 18.0 Å². The number of aromatic nitrogens is 1. The summed E-state index contributed by atoms with van der Waals surface area (Å²) in [5, 5.41) is 21.7. The Morgan fingerprint density at radius 3 is 3.14 bits per heavy atom. The lowest BCUT2D eigenvalue weighted by Gasteiger charge is -2.00. The van der Waals surface area contributed by atoms with Crippen LogP contribution in [0.2, 0.25) is 5.15 Å². The predicted molar refractivity (Wildman–Crippen MR) is 54.4 cm³/mol. The summed E-state index contributed by atoms with van der Waals surface area (Å²) < 4.78 is 3.88. The van der Waals surface area contributed by atoms with Crippen LogP contribution in [0.15, 0.2) is 0 Å². The zero-order chi connectivity index (χ0) is 10.1. The van der Waals surface area contributed by atoms with E-state index in [1.165, 1.54) is 11.5 Å². The first-order valence-corrected chi connectivity index (χ1v) is 5.34. The molecule has 14 heavy (non-hydrogen) atoms. The number of halogens is 1. The fourth-order valence-electron chi connectivity index (χ4n) is 1.26. The summed E-state index contributed by atoms with van der Waals surface area (Å²) >= 11 is 6.89. The molecule has 2 atom stereocenters. The summed E-state index contributed by atoms with van der Waals surface area (Å²) in [4.78, 5) is 0. The molecular formula is C8H8ClN3OS. The van der Waals surface area contributed by atoms with Gasteiger partial charge in [0.1, 0.15) is 16.6 Å². The van der Waals surface area contributed by atoms with Crippen molar-refractivity contribution in [3.05, 3.63) is 10.7 Å². The van der Waals surface area contributed by atoms with Crippen molar-refractivity contribution in [2.24, 2.45) is 5.92 Å². The molecule has 0 bridgehead atoms. The maximum Gasteiger partial charge on any atom is 0.162 e. The van der Waals surface area contributed by atoms with Gasteiger partial charge in [0, 0.05) is 18.6 Å². The highest BCUT2D eigenvalue weighted by Crippen LogP contribution is 2.36. The Morgan fingerprint density at radius 1 is 1.79 bits per heavy atom. The Hall–Kier alpha value is -0.830. The number of rotatable bonds is 3. The Balaban J connectivity index is 2.07. The molecule has 1 aliphatic carbocycles. The first-order chi connectivity index (χ1) is 6.76. The second kappa shape index (κ2) is 3.73. The number of aliphatic hydroxyl groups excluding tert-OH is 1. The molecule has 0 radical (unpaired) electrons. The van der Waals surface area contributed by atoms with Crippen LogP contribution in [-0.2, 0) is 0 Å². The van der Waals surface area contributed by atoms with E-state index in [-0.39, 0.29) is 17.8 Å². The topological polar surface area (TPSA) is 68.9 Å². The van der Waals surface area contributed by atoms with Crippen molar-refractivity contribution in [3.8, 4) is 6.07 Å². The van der Waals surface area contributed by atoms with E-state index >= 15 is 0 Å². The van der Waals surface area contributed by atoms with Gasteiger partial charge >= 0.3 is 0 Å². The molecule has 1 aromatic heterocycles. The van der Waals surface area contributed by atoms with E-state index in [0.29, 0.717) is 16.5 Å². The average molecular weight is 230 g/mol. The van der Waals surface area contributed by atoms with Crippen LogP contribution in [0.3, 0.4) is 0 Å². The van der Waals surface area contributed by atoms with Gasteiger partial charge in [-0.25, -0.2) is 0 Å². The molecule has 1 heterocycles. The molecule has 74 valence electrons. The van der Waals surface area contributed by atoms with Gasteiger partial charge in [0.25, 0.3) is 0 Å². The largest absolute Gasteiger partial charge is 0.396 e. The van der Waals surface area contributed by atoms with Crippen LogP contribution in [0.5, 0.6) is 0 Å². The molecule has 1 saturated carbocycles. The molecule has 1 aromatic rings. The van der Waals surface area contributed by atoms with Crippen LogP contribution in [0.1, 0.15) is 12.0 Å². The van der Waals surface area contributed by atoms with Gasteiger partial charge in [-0.1, -0.05) is 11.6 Å². The minimum Gasteiger partial charge on any atom is -0.396 e. The minimum absolute atomic E-state index is 0.187. The van der Waals surface area contributed by atoms with Crippen molar-refractivity contribution >= 4 is 28.1 Å². The summed E-state index contributed by atoms with van der Waals surface area (Å²) in [5.74, 6) is 0.308. The van der Waals surface area contributed by atoms with Crippen molar-refractivity contribution in [1.29, 1.82) is 5.26 Å². The van der Waals surface area contributed by atoms with Crippen molar-refractivity contribution in [2.45, 2.75) is 12.5 Å². The van der Waals surface area contributed by atoms with Crippen molar-refractivity contribution < 1.29 is 5.11 Å². The first kappa shape index (κ1) is 9.71. The average Bonchev–Trinajstić information content (AvgIpc) is 2.84. The zero-order valence-electron chi connectivity index (χ0n) is 7.20. The molecule has 1 aliphatic rings. The van der Waals surface area contributed by atoms with Crippen molar-refractivity contribution in [3.63, 3.8) is 0 Å². The maximum atomic E-state index is 8.84. The van der Waals surface area contributed by atoms with Gasteiger partial charge in [0.2, 0.25) is 0 Å². The second-order valence-electron chi connectivity index (χ2n) is 3.22. The fourth-order valence-corrected chi connectivity index (χ4v) is 2.26. The molecule has 0 amide bonds. The van der Waals surface area contributed by atoms with Crippen LogP contribution in [0.4, 0.5) is 5.00 Å². The third kappa shape index (κ3) is 1.69. The van der Waals surface area contributed by atoms with Crippen molar-refractivity contribution in [2.75, 3.05) is 11.9 Å². The Kier molecular flexibility index (Phi) is 2.59. The van der Waals surface area contributed by atoms with E-state index in [1.54, 1.807) is 0 Å². The van der Waals surface area contributed by atoms with E-state index in [9.17, 15) is 0 Å². The van der Waals surface area contributed by atoms with E-state index in [1.807, 2.05) is 6.07 Å². The third-order valence-electron chi connectivity index (χ3n) is 2.24. The summed E-state index contributed by atoms with van der Waals surface area (Å²) in [5.41, 5.74) is 0.403. The molecule has 0 spiro atoms. The number of nitrogens with one attached hydrogen (secondary N) is 1. The maximum absolute atomic E-state index is 8.84. The molecule has 6 heteroatoms. The number of nitriles is 1. The zero-order valence-corrected chi connectivity index (χ0v) is 8.77. The molecule has 1 fully saturated rings. The highest BCUT2D eigenvalue weighted by atomic mass is 35.5. The quantitative estimate of drug-likeness (QED) is 0.824. The number of aliphatic hydroxyl groups is 1. The Morgan fingerprint density at radius 2 is 2.57 bits per heavy atom. The third-order valence-corrected chi connectivity index (χ3v) is 3.39. The molecule has 2 N–H and O–H groups in total. The van der Waals surface area contributed by atoms with E-state index in [4.69, 9.17) is 22.0 Å². The van der Waals surface area contributed by atoms with E-state index < -0.39 is 0 Å². The van der Waals surface area contributed by atoms with E-state index in [2.05, 4.69) is 9.69 Å². The lowest BCUT2D eigenvalue weighted by atomic mass is 10.3. The number of anilines is 1. The summed E-state index contributed by atoms with van der Waals surface area (Å²) in [6.45, 7) is 0.187. The van der Waals surface area contributed by atoms with Gasteiger partial charge < -0.3 is 10.4 Å². The van der Waals surface area contributed by atoms with Gasteiger partial charge in [0.15, 0.2) is 5.15 Å². The summed E-state index contributed by atoms with van der Waals surface area (Å²) in [7, 11) is 0. The predicted octanol–water partition coefficient (Wildman–Crippen LogP) is 1.46. The molecular weight excluding hydrogens is 222 g/mol. The lowest BCUT2D eigenvalue weighted by Crippen LogP contribution is -2.05. The van der Waals surface area contributed by atoms with E-state index in [0.717, 1.165) is 6.42 Å². The number of hydrogen-bond acceptors (Lipinski definition) is 5. The highest BCUT2D eigenvalue weighted by Gasteiger charge is 2.37. The van der Waals surface area contributed by atoms with Crippen LogP contribution in [-0.4, -0.2) is 22.1 Å². The monoisotopic (exact) mass is 229 g/mol. The smallest absolute Gasteiger partial charge is 0.162 e. The van der Waals surface area contributed by atoms with Gasteiger partial charge in [-0.2, -0.15) is 9.64 Å². The Bertz CT molecular complexity index is 386. The van der Waals surface area contributed by atoms with Crippen molar-refractivity contribution in [1.82, 2.24) is 4.37 Å². The molecule has 0 aliphatic heterocycles. The molecule has 0 aromatic carbocycles. The first-order valence-electron chi connectivity index (χ1n) is 4.19. The molecule has 0 saturated heterocycles. The molecule has 0 unspecified atom stereocenters. The normalized spacial score (nSPS) is 24.4. The van der Waals surface area contributed by atoms with Crippen LogP contribution in [0, 0.1) is 17.2 Å². The summed E-state index contributed by atoms with van der Waals surface area (Å²) in [6.07, 6.45) is 0.941. The standard InChI is InChI=1S/C8H8ClN3OS/c9-7-5(2-10)8(14-12-7)11-6-1-4(6)3-13/h4,6,11,13H,1,3H2/t4-,6+/m0/s1. The fraction of sp³-hybridized carbons (Fsp3) is 0.500. The SMILES string of the molecule is N#Cc1c(Cl)nsc1N[C@@H]1C[C@H]1CO. The van der Waals surface area contributed by atoms with Crippen LogP contribution >= 0.6 is 23.1 Å². The summed E-state index contributed by atoms with van der Waals surface area (Å²) in [6, 6.07) is 2.27. The Labute approximate surface area is 90.3 Å². The van der Waals surface area contributed by atoms with Gasteiger partial charge in [-0.15, -0.1) is 0 Å².